The van der Waals surface area contributed by atoms with Crippen molar-refractivity contribution in [2.45, 2.75) is 45.1 Å². The van der Waals surface area contributed by atoms with Gasteiger partial charge in [-0.15, -0.1) is 0 Å². The van der Waals surface area contributed by atoms with E-state index >= 15 is 0 Å². The number of nitrogens with zero attached hydrogens (tertiary/aromatic N) is 4. The minimum Gasteiger partial charge on any atom is -0.382 e. The number of carbonyl (C=O) groups excluding carboxylic acids is 3. The number of piperidine rings is 1. The molecule has 1 amide bonds. The van der Waals surface area contributed by atoms with Crippen LogP contribution < -0.4 is 5.73 Å². The van der Waals surface area contributed by atoms with Gasteiger partial charge in [-0.1, -0.05) is 31.2 Å². The van der Waals surface area contributed by atoms with Crippen LogP contribution in [0.4, 0.5) is 5.82 Å². The third kappa shape index (κ3) is 3.69. The molecule has 1 aliphatic heterocycles. The highest BCUT2D eigenvalue weighted by Crippen LogP contribution is 2.35. The molecule has 1 saturated heterocycles. The summed E-state index contributed by atoms with van der Waals surface area (Å²) < 4.78 is 1.93. The Morgan fingerprint density at radius 2 is 1.97 bits per heavy atom. The summed E-state index contributed by atoms with van der Waals surface area (Å²) in [6.45, 7) is 4.10. The lowest BCUT2D eigenvalue weighted by Gasteiger charge is -2.37. The number of nitrogens with two attached hydrogens (primary N) is 1. The van der Waals surface area contributed by atoms with Crippen LogP contribution in [0.1, 0.15) is 55.2 Å². The Hall–Kier alpha value is -3.55. The van der Waals surface area contributed by atoms with E-state index in [-0.39, 0.29) is 24.2 Å². The van der Waals surface area contributed by atoms with E-state index in [4.69, 9.17) is 10.7 Å². The monoisotopic (exact) mass is 419 g/mol. The third-order valence-electron chi connectivity index (χ3n) is 6.00. The zero-order valence-corrected chi connectivity index (χ0v) is 17.6. The van der Waals surface area contributed by atoms with Crippen molar-refractivity contribution in [2.75, 3.05) is 12.3 Å². The highest BCUT2D eigenvalue weighted by Gasteiger charge is 2.34. The maximum Gasteiger partial charge on any atom is 0.290 e. The van der Waals surface area contributed by atoms with Crippen molar-refractivity contribution >= 4 is 29.3 Å². The topological polar surface area (TPSA) is 111 Å². The Kier molecular flexibility index (Phi) is 5.54. The predicted octanol–water partition coefficient (Wildman–Crippen LogP) is 2.86. The average molecular weight is 419 g/mol. The summed E-state index contributed by atoms with van der Waals surface area (Å²) in [5.41, 5.74) is 8.99. The van der Waals surface area contributed by atoms with Gasteiger partial charge in [-0.2, -0.15) is 0 Å². The lowest BCUT2D eigenvalue weighted by molar-refractivity contribution is -0.147. The van der Waals surface area contributed by atoms with Crippen LogP contribution in [0, 0.1) is 0 Å². The fraction of sp³-hybridized carbons (Fsp3) is 0.348. The first-order chi connectivity index (χ1) is 14.9. The van der Waals surface area contributed by atoms with Crippen molar-refractivity contribution in [3.63, 3.8) is 0 Å². The molecule has 3 aromatic rings. The second-order valence-electron chi connectivity index (χ2n) is 7.95. The SMILES string of the molecule is CCC(=O)C(=O)N1CC(c2nc(-c3ccc(C=O)cc3)c3c(N)nccn23)CCC1C. The van der Waals surface area contributed by atoms with Crippen LogP contribution in [0.2, 0.25) is 0 Å². The Balaban J connectivity index is 1.77. The lowest BCUT2D eigenvalue weighted by Crippen LogP contribution is -2.47. The fourth-order valence-electron chi connectivity index (χ4n) is 4.21. The number of hydrogen-bond donors (Lipinski definition) is 1. The van der Waals surface area contributed by atoms with Gasteiger partial charge in [0, 0.05) is 48.4 Å². The van der Waals surface area contributed by atoms with Crippen LogP contribution in [-0.4, -0.2) is 49.8 Å². The number of amides is 1. The number of likely N-dealkylation sites (tertiary alicyclic amines) is 1. The van der Waals surface area contributed by atoms with E-state index in [2.05, 4.69) is 4.98 Å². The molecule has 1 aliphatic rings. The van der Waals surface area contributed by atoms with Crippen LogP contribution in [0.3, 0.4) is 0 Å². The van der Waals surface area contributed by atoms with Gasteiger partial charge < -0.3 is 10.6 Å². The molecule has 0 saturated carbocycles. The average Bonchev–Trinajstić information content (AvgIpc) is 3.19. The van der Waals surface area contributed by atoms with Crippen molar-refractivity contribution in [1.29, 1.82) is 0 Å². The summed E-state index contributed by atoms with van der Waals surface area (Å²) in [6, 6.07) is 7.15. The van der Waals surface area contributed by atoms with Gasteiger partial charge in [-0.3, -0.25) is 18.8 Å². The van der Waals surface area contributed by atoms with E-state index in [1.54, 1.807) is 30.2 Å². The normalized spacial score (nSPS) is 18.8. The summed E-state index contributed by atoms with van der Waals surface area (Å²) in [5.74, 6) is 0.305. The molecule has 2 N–H and O–H groups in total. The molecule has 4 rings (SSSR count). The number of benzene rings is 1. The minimum atomic E-state index is -0.425. The first-order valence-electron chi connectivity index (χ1n) is 10.5. The van der Waals surface area contributed by atoms with E-state index in [0.717, 1.165) is 30.5 Å². The smallest absolute Gasteiger partial charge is 0.290 e. The van der Waals surface area contributed by atoms with E-state index in [9.17, 15) is 14.4 Å². The largest absolute Gasteiger partial charge is 0.382 e. The van der Waals surface area contributed by atoms with Crippen LogP contribution in [-0.2, 0) is 9.59 Å². The maximum atomic E-state index is 12.6. The second kappa shape index (κ2) is 8.29. The zero-order chi connectivity index (χ0) is 22.1. The van der Waals surface area contributed by atoms with Crippen molar-refractivity contribution in [3.05, 3.63) is 48.0 Å². The molecule has 3 heterocycles. The molecule has 8 heteroatoms. The highest BCUT2D eigenvalue weighted by atomic mass is 16.2. The molecule has 0 radical (unpaired) electrons. The van der Waals surface area contributed by atoms with E-state index in [0.29, 0.717) is 29.1 Å². The van der Waals surface area contributed by atoms with Gasteiger partial charge in [-0.05, 0) is 19.8 Å². The van der Waals surface area contributed by atoms with Crippen molar-refractivity contribution in [2.24, 2.45) is 0 Å². The van der Waals surface area contributed by atoms with Gasteiger partial charge in [0.1, 0.15) is 29.1 Å². The zero-order valence-electron chi connectivity index (χ0n) is 17.6. The lowest BCUT2D eigenvalue weighted by atomic mass is 9.92. The van der Waals surface area contributed by atoms with Crippen LogP contribution in [0.5, 0.6) is 0 Å². The van der Waals surface area contributed by atoms with Gasteiger partial charge in [0.2, 0.25) is 5.78 Å². The van der Waals surface area contributed by atoms with E-state index in [1.165, 1.54) is 0 Å². The number of nitrogen functional groups attached to an aromatic ring is 1. The fourth-order valence-corrected chi connectivity index (χ4v) is 4.21. The summed E-state index contributed by atoms with van der Waals surface area (Å²) in [4.78, 5) is 46.5. The van der Waals surface area contributed by atoms with Gasteiger partial charge in [0.05, 0.1) is 0 Å². The Morgan fingerprint density at radius 3 is 2.65 bits per heavy atom. The number of aldehydes is 1. The highest BCUT2D eigenvalue weighted by molar-refractivity contribution is 6.36. The molecule has 2 unspecified atom stereocenters. The summed E-state index contributed by atoms with van der Waals surface area (Å²) in [7, 11) is 0. The second-order valence-corrected chi connectivity index (χ2v) is 7.95. The summed E-state index contributed by atoms with van der Waals surface area (Å²) >= 11 is 0. The maximum absolute atomic E-state index is 12.6. The van der Waals surface area contributed by atoms with Crippen molar-refractivity contribution < 1.29 is 14.4 Å². The van der Waals surface area contributed by atoms with E-state index in [1.807, 2.05) is 29.7 Å². The first-order valence-corrected chi connectivity index (χ1v) is 10.5. The van der Waals surface area contributed by atoms with Crippen molar-refractivity contribution in [3.8, 4) is 11.3 Å². The minimum absolute atomic E-state index is 0.00701. The molecule has 31 heavy (non-hydrogen) atoms. The first kappa shape index (κ1) is 20.7. The Bertz CT molecular complexity index is 1150. The molecule has 2 atom stereocenters. The van der Waals surface area contributed by atoms with Crippen LogP contribution in [0.25, 0.3) is 16.8 Å². The molecule has 1 aromatic carbocycles. The Morgan fingerprint density at radius 1 is 1.23 bits per heavy atom. The molecule has 0 aliphatic carbocycles. The number of Topliss-reactive ketones (excluding diaryl/α,β-unsaturated/α-hetero) is 1. The van der Waals surface area contributed by atoms with Crippen molar-refractivity contribution in [1.82, 2.24) is 19.3 Å². The molecule has 0 bridgehead atoms. The standard InChI is InChI=1S/C23H25N5O3/c1-3-18(30)23(31)28-12-17(7-4-14(28)2)22-26-19(16-8-5-15(13-29)6-9-16)20-21(24)25-10-11-27(20)22/h5-6,8-11,13-14,17H,3-4,7,12H2,1-2H3,(H2,24,25). The number of fused-ring (bicyclic) bond motifs is 1. The van der Waals surface area contributed by atoms with Gasteiger partial charge >= 0.3 is 0 Å². The number of ketones is 1. The molecular weight excluding hydrogens is 394 g/mol. The number of hydrogen-bond acceptors (Lipinski definition) is 6. The number of rotatable bonds is 5. The quantitative estimate of drug-likeness (QED) is 0.503. The van der Waals surface area contributed by atoms with Crippen LogP contribution >= 0.6 is 0 Å². The molecule has 0 spiro atoms. The molecule has 160 valence electrons. The van der Waals surface area contributed by atoms with Gasteiger partial charge in [0.25, 0.3) is 5.91 Å². The number of carbonyl (C=O) groups is 3. The predicted molar refractivity (Wildman–Crippen MR) is 117 cm³/mol. The molecule has 8 nitrogen and oxygen atoms in total. The number of aromatic nitrogens is 3. The molecule has 2 aromatic heterocycles. The summed E-state index contributed by atoms with van der Waals surface area (Å²) in [6.07, 6.45) is 6.06. The molecular formula is C23H25N5O3. The third-order valence-corrected chi connectivity index (χ3v) is 6.00. The summed E-state index contributed by atoms with van der Waals surface area (Å²) in [5, 5.41) is 0. The number of imidazole rings is 1. The number of anilines is 1. The van der Waals surface area contributed by atoms with Gasteiger partial charge in [-0.25, -0.2) is 9.97 Å². The van der Waals surface area contributed by atoms with Crippen LogP contribution in [0.15, 0.2) is 36.7 Å². The molecule has 1 fully saturated rings. The van der Waals surface area contributed by atoms with E-state index < -0.39 is 5.91 Å². The van der Waals surface area contributed by atoms with Gasteiger partial charge in [0.15, 0.2) is 0 Å². The Labute approximate surface area is 180 Å².